The number of nitrogens with one attached hydrogen (secondary N) is 1. The molecule has 1 N–H and O–H groups in total. The van der Waals surface area contributed by atoms with Crippen LogP contribution in [0.4, 0.5) is 0 Å². The van der Waals surface area contributed by atoms with E-state index in [1.165, 1.54) is 31.4 Å². The maximum Gasteiger partial charge on any atom is 0.0177 e. The van der Waals surface area contributed by atoms with Gasteiger partial charge in [-0.1, -0.05) is 51.1 Å². The molecule has 0 spiro atoms. The molecule has 1 aliphatic carbocycles. The summed E-state index contributed by atoms with van der Waals surface area (Å²) in [6.07, 6.45) is 3.95. The van der Waals surface area contributed by atoms with Gasteiger partial charge in [0.15, 0.2) is 0 Å². The van der Waals surface area contributed by atoms with Gasteiger partial charge in [0.25, 0.3) is 0 Å². The molecule has 1 fully saturated rings. The van der Waals surface area contributed by atoms with Crippen LogP contribution in [0, 0.1) is 0 Å². The average Bonchev–Trinajstić information content (AvgIpc) is 3.30. The summed E-state index contributed by atoms with van der Waals surface area (Å²) in [5, 5.41) is 3.74. The van der Waals surface area contributed by atoms with Gasteiger partial charge in [-0.25, -0.2) is 0 Å². The van der Waals surface area contributed by atoms with Crippen LogP contribution in [0.3, 0.4) is 0 Å². The Morgan fingerprint density at radius 3 is 2.45 bits per heavy atom. The summed E-state index contributed by atoms with van der Waals surface area (Å²) >= 11 is 0. The van der Waals surface area contributed by atoms with E-state index >= 15 is 0 Å². The second kappa shape index (κ2) is 7.24. The molecule has 0 radical (unpaired) electrons. The van der Waals surface area contributed by atoms with Crippen LogP contribution in [-0.2, 0) is 5.41 Å². The van der Waals surface area contributed by atoms with Gasteiger partial charge in [-0.15, -0.1) is 0 Å². The summed E-state index contributed by atoms with van der Waals surface area (Å²) in [5.74, 6) is 0. The zero-order chi connectivity index (χ0) is 14.4. The highest BCUT2D eigenvalue weighted by molar-refractivity contribution is 5.26. The lowest BCUT2D eigenvalue weighted by atomic mass is 9.81. The van der Waals surface area contributed by atoms with Gasteiger partial charge in [-0.05, 0) is 37.9 Å². The second-order valence-corrected chi connectivity index (χ2v) is 6.45. The molecular weight excluding hydrogens is 244 g/mol. The molecule has 0 saturated heterocycles. The Hall–Kier alpha value is -0.860. The summed E-state index contributed by atoms with van der Waals surface area (Å²) in [7, 11) is 0. The maximum atomic E-state index is 3.74. The largest absolute Gasteiger partial charge is 0.313 e. The highest BCUT2D eigenvalue weighted by Gasteiger charge is 2.31. The van der Waals surface area contributed by atoms with E-state index in [9.17, 15) is 0 Å². The topological polar surface area (TPSA) is 15.3 Å². The fourth-order valence-corrected chi connectivity index (χ4v) is 2.91. The number of nitrogens with zero attached hydrogens (tertiary/aromatic N) is 1. The lowest BCUT2D eigenvalue weighted by Gasteiger charge is -2.36. The Bertz CT molecular complexity index is 386. The first kappa shape index (κ1) is 15.5. The molecule has 20 heavy (non-hydrogen) atoms. The smallest absolute Gasteiger partial charge is 0.0177 e. The van der Waals surface area contributed by atoms with Gasteiger partial charge in [-0.2, -0.15) is 0 Å². The summed E-state index contributed by atoms with van der Waals surface area (Å²) in [4.78, 5) is 2.58. The molecule has 0 aromatic heterocycles. The van der Waals surface area contributed by atoms with Crippen LogP contribution in [0.1, 0.15) is 45.6 Å². The van der Waals surface area contributed by atoms with E-state index in [4.69, 9.17) is 0 Å². The van der Waals surface area contributed by atoms with Crippen LogP contribution in [-0.4, -0.2) is 37.1 Å². The fourth-order valence-electron chi connectivity index (χ4n) is 2.91. The molecule has 112 valence electrons. The second-order valence-electron chi connectivity index (χ2n) is 6.45. The van der Waals surface area contributed by atoms with Crippen molar-refractivity contribution in [1.82, 2.24) is 10.2 Å². The van der Waals surface area contributed by atoms with Crippen molar-refractivity contribution < 1.29 is 0 Å². The van der Waals surface area contributed by atoms with Crippen molar-refractivity contribution in [2.75, 3.05) is 26.2 Å². The van der Waals surface area contributed by atoms with Gasteiger partial charge in [-0.3, -0.25) is 0 Å². The number of rotatable bonds is 9. The summed E-state index contributed by atoms with van der Waals surface area (Å²) in [6, 6.07) is 11.8. The van der Waals surface area contributed by atoms with E-state index in [1.54, 1.807) is 0 Å². The van der Waals surface area contributed by atoms with Gasteiger partial charge < -0.3 is 10.2 Å². The molecule has 1 saturated carbocycles. The molecule has 1 aliphatic rings. The van der Waals surface area contributed by atoms with Crippen molar-refractivity contribution in [2.45, 2.75) is 51.5 Å². The Kier molecular flexibility index (Phi) is 5.62. The van der Waals surface area contributed by atoms with E-state index in [-0.39, 0.29) is 5.41 Å². The van der Waals surface area contributed by atoms with Gasteiger partial charge in [0.05, 0.1) is 0 Å². The lowest BCUT2D eigenvalue weighted by Crippen LogP contribution is -2.46. The molecule has 2 heteroatoms. The van der Waals surface area contributed by atoms with E-state index in [1.807, 2.05) is 0 Å². The van der Waals surface area contributed by atoms with Gasteiger partial charge in [0.2, 0.25) is 0 Å². The van der Waals surface area contributed by atoms with Gasteiger partial charge in [0.1, 0.15) is 0 Å². The molecule has 0 amide bonds. The Balaban J connectivity index is 2.09. The molecule has 2 rings (SSSR count). The minimum absolute atomic E-state index is 0.203. The van der Waals surface area contributed by atoms with Crippen molar-refractivity contribution >= 4 is 0 Å². The van der Waals surface area contributed by atoms with E-state index in [0.29, 0.717) is 0 Å². The Labute approximate surface area is 124 Å². The van der Waals surface area contributed by atoms with E-state index < -0.39 is 0 Å². The zero-order valence-electron chi connectivity index (χ0n) is 13.4. The lowest BCUT2D eigenvalue weighted by molar-refractivity contribution is 0.219. The van der Waals surface area contributed by atoms with Crippen LogP contribution in [0.2, 0.25) is 0 Å². The van der Waals surface area contributed by atoms with E-state index in [2.05, 4.69) is 61.3 Å². The third-order valence-electron chi connectivity index (χ3n) is 4.39. The molecule has 1 aromatic rings. The zero-order valence-corrected chi connectivity index (χ0v) is 13.4. The predicted molar refractivity (Wildman–Crippen MR) is 87.2 cm³/mol. The first-order valence-corrected chi connectivity index (χ1v) is 8.19. The summed E-state index contributed by atoms with van der Waals surface area (Å²) in [6.45, 7) is 11.5. The van der Waals surface area contributed by atoms with Crippen LogP contribution in [0.5, 0.6) is 0 Å². The van der Waals surface area contributed by atoms with Crippen molar-refractivity contribution in [2.24, 2.45) is 0 Å². The molecular formula is C18H30N2. The molecule has 0 heterocycles. The van der Waals surface area contributed by atoms with Crippen LogP contribution in [0.15, 0.2) is 30.3 Å². The number of likely N-dealkylation sites (N-methyl/N-ethyl adjacent to an activating group) is 1. The molecule has 1 atom stereocenters. The van der Waals surface area contributed by atoms with Crippen molar-refractivity contribution in [1.29, 1.82) is 0 Å². The predicted octanol–water partition coefficient (Wildman–Crippen LogP) is 3.43. The minimum atomic E-state index is 0.203. The molecule has 1 unspecified atom stereocenters. The quantitative estimate of drug-likeness (QED) is 0.742. The highest BCUT2D eigenvalue weighted by atomic mass is 15.1. The summed E-state index contributed by atoms with van der Waals surface area (Å²) < 4.78 is 0. The fraction of sp³-hybridized carbons (Fsp3) is 0.667. The van der Waals surface area contributed by atoms with Crippen LogP contribution < -0.4 is 5.32 Å². The van der Waals surface area contributed by atoms with Crippen molar-refractivity contribution in [3.63, 3.8) is 0 Å². The number of hydrogen-bond acceptors (Lipinski definition) is 2. The van der Waals surface area contributed by atoms with Crippen LogP contribution >= 0.6 is 0 Å². The standard InChI is InChI=1S/C18H30N2/c1-4-13-20(5-2)15-18(3,14-19-17-11-12-17)16-9-7-6-8-10-16/h6-10,17,19H,4-5,11-15H2,1-3H3. The molecule has 2 nitrogen and oxygen atoms in total. The SMILES string of the molecule is CCCN(CC)CC(C)(CNC1CC1)c1ccccc1. The third-order valence-corrected chi connectivity index (χ3v) is 4.39. The first-order chi connectivity index (χ1) is 9.68. The highest BCUT2D eigenvalue weighted by Crippen LogP contribution is 2.27. The van der Waals surface area contributed by atoms with Gasteiger partial charge >= 0.3 is 0 Å². The average molecular weight is 274 g/mol. The Morgan fingerprint density at radius 1 is 1.20 bits per heavy atom. The van der Waals surface area contributed by atoms with Gasteiger partial charge in [0, 0.05) is 24.5 Å². The Morgan fingerprint density at radius 2 is 1.90 bits per heavy atom. The normalized spacial score (nSPS) is 18.2. The first-order valence-electron chi connectivity index (χ1n) is 8.19. The molecule has 1 aromatic carbocycles. The van der Waals surface area contributed by atoms with Crippen LogP contribution in [0.25, 0.3) is 0 Å². The third kappa shape index (κ3) is 4.32. The maximum absolute atomic E-state index is 3.74. The number of hydrogen-bond donors (Lipinski definition) is 1. The molecule has 0 bridgehead atoms. The van der Waals surface area contributed by atoms with Crippen molar-refractivity contribution in [3.05, 3.63) is 35.9 Å². The summed E-state index contributed by atoms with van der Waals surface area (Å²) in [5.41, 5.74) is 1.66. The molecule has 0 aliphatic heterocycles. The number of benzene rings is 1. The monoisotopic (exact) mass is 274 g/mol. The van der Waals surface area contributed by atoms with Crippen molar-refractivity contribution in [3.8, 4) is 0 Å². The minimum Gasteiger partial charge on any atom is -0.313 e. The van der Waals surface area contributed by atoms with E-state index in [0.717, 1.165) is 25.7 Å².